The van der Waals surface area contributed by atoms with Crippen LogP contribution < -0.4 is 5.32 Å². The summed E-state index contributed by atoms with van der Waals surface area (Å²) >= 11 is 0. The van der Waals surface area contributed by atoms with Crippen molar-refractivity contribution in [1.82, 2.24) is 24.9 Å². The summed E-state index contributed by atoms with van der Waals surface area (Å²) in [5, 5.41) is 11.1. The third-order valence-electron chi connectivity index (χ3n) is 4.18. The van der Waals surface area contributed by atoms with Crippen molar-refractivity contribution < 1.29 is 4.79 Å². The Bertz CT molecular complexity index is 919. The van der Waals surface area contributed by atoms with Gasteiger partial charge < -0.3 is 5.32 Å². The van der Waals surface area contributed by atoms with Gasteiger partial charge in [0, 0.05) is 17.0 Å². The lowest BCUT2D eigenvalue weighted by molar-refractivity contribution is 0.0949. The average molecular weight is 337 g/mol. The summed E-state index contributed by atoms with van der Waals surface area (Å²) in [6, 6.07) is 9.67. The first kappa shape index (κ1) is 17.1. The maximum atomic E-state index is 12.4. The van der Waals surface area contributed by atoms with Crippen LogP contribution in [0.25, 0.3) is 5.78 Å². The van der Waals surface area contributed by atoms with Crippen molar-refractivity contribution in [2.24, 2.45) is 0 Å². The Labute approximate surface area is 147 Å². The molecule has 25 heavy (non-hydrogen) atoms. The highest BCUT2D eigenvalue weighted by Gasteiger charge is 2.15. The van der Waals surface area contributed by atoms with Crippen molar-refractivity contribution in [3.63, 3.8) is 0 Å². The van der Waals surface area contributed by atoms with Gasteiger partial charge in [-0.3, -0.25) is 9.20 Å². The number of nitrogens with zero attached hydrogens (tertiary/aromatic N) is 4. The number of benzene rings is 1. The van der Waals surface area contributed by atoms with Crippen LogP contribution in [-0.2, 0) is 12.0 Å². The molecule has 6 nitrogen and oxygen atoms in total. The number of carbonyl (C=O) groups excluding carboxylic acids is 1. The minimum absolute atomic E-state index is 0.0676. The molecule has 2 heterocycles. The van der Waals surface area contributed by atoms with E-state index in [-0.39, 0.29) is 11.3 Å². The van der Waals surface area contributed by atoms with E-state index in [0.717, 1.165) is 11.4 Å². The Kier molecular flexibility index (Phi) is 4.29. The quantitative estimate of drug-likeness (QED) is 0.797. The predicted molar refractivity (Wildman–Crippen MR) is 96.6 cm³/mol. The number of carbonyl (C=O) groups is 1. The Balaban J connectivity index is 1.75. The van der Waals surface area contributed by atoms with Gasteiger partial charge in [0.15, 0.2) is 5.82 Å². The van der Waals surface area contributed by atoms with E-state index in [1.165, 1.54) is 5.56 Å². The molecular formula is C19H23N5O. The molecule has 130 valence electrons. The van der Waals surface area contributed by atoms with Gasteiger partial charge in [-0.15, -0.1) is 10.2 Å². The number of fused-ring (bicyclic) bond motifs is 1. The Morgan fingerprint density at radius 3 is 2.44 bits per heavy atom. The molecule has 0 unspecified atom stereocenters. The predicted octanol–water partition coefficient (Wildman–Crippen LogP) is 2.97. The van der Waals surface area contributed by atoms with E-state index < -0.39 is 0 Å². The van der Waals surface area contributed by atoms with E-state index >= 15 is 0 Å². The molecule has 2 aromatic heterocycles. The lowest BCUT2D eigenvalue weighted by Crippen LogP contribution is -2.24. The summed E-state index contributed by atoms with van der Waals surface area (Å²) in [6.45, 7) is 10.6. The fraction of sp³-hybridized carbons (Fsp3) is 0.368. The summed E-state index contributed by atoms with van der Waals surface area (Å²) in [7, 11) is 0. The first-order valence-corrected chi connectivity index (χ1v) is 8.33. The topological polar surface area (TPSA) is 72.2 Å². The van der Waals surface area contributed by atoms with Gasteiger partial charge in [-0.1, -0.05) is 32.9 Å². The Hall–Kier alpha value is -2.76. The zero-order valence-electron chi connectivity index (χ0n) is 15.3. The fourth-order valence-electron chi connectivity index (χ4n) is 2.80. The molecular weight excluding hydrogens is 314 g/mol. The van der Waals surface area contributed by atoms with Gasteiger partial charge in [-0.25, -0.2) is 4.98 Å². The summed E-state index contributed by atoms with van der Waals surface area (Å²) in [4.78, 5) is 16.7. The third kappa shape index (κ3) is 3.52. The summed E-state index contributed by atoms with van der Waals surface area (Å²) in [6.07, 6.45) is 0. The lowest BCUT2D eigenvalue weighted by Gasteiger charge is -2.19. The molecule has 0 aliphatic carbocycles. The molecule has 3 rings (SSSR count). The van der Waals surface area contributed by atoms with Crippen LogP contribution in [0.2, 0.25) is 0 Å². The van der Waals surface area contributed by atoms with Crippen molar-refractivity contribution >= 4 is 11.7 Å². The number of hydrogen-bond donors (Lipinski definition) is 1. The molecule has 0 aliphatic heterocycles. The highest BCUT2D eigenvalue weighted by molar-refractivity contribution is 5.94. The molecule has 0 bridgehead atoms. The van der Waals surface area contributed by atoms with E-state index in [1.807, 2.05) is 48.6 Å². The molecule has 0 radical (unpaired) electrons. The van der Waals surface area contributed by atoms with E-state index in [4.69, 9.17) is 0 Å². The minimum Gasteiger partial charge on any atom is -0.345 e. The summed E-state index contributed by atoms with van der Waals surface area (Å²) in [5.74, 6) is 1.09. The monoisotopic (exact) mass is 337 g/mol. The van der Waals surface area contributed by atoms with E-state index in [2.05, 4.69) is 41.3 Å². The van der Waals surface area contributed by atoms with Crippen molar-refractivity contribution in [3.8, 4) is 0 Å². The van der Waals surface area contributed by atoms with Gasteiger partial charge >= 0.3 is 0 Å². The van der Waals surface area contributed by atoms with E-state index in [1.54, 1.807) is 0 Å². The van der Waals surface area contributed by atoms with Crippen LogP contribution in [0.4, 0.5) is 0 Å². The van der Waals surface area contributed by atoms with Crippen LogP contribution in [0, 0.1) is 13.8 Å². The zero-order chi connectivity index (χ0) is 18.2. The van der Waals surface area contributed by atoms with Gasteiger partial charge in [0.1, 0.15) is 0 Å². The molecule has 6 heteroatoms. The maximum absolute atomic E-state index is 12.4. The van der Waals surface area contributed by atoms with Gasteiger partial charge in [-0.2, -0.15) is 0 Å². The SMILES string of the molecule is Cc1cc(C)n2c(CNC(=O)c3ccc(C(C)(C)C)cc3)nnc2n1. The van der Waals surface area contributed by atoms with Crippen LogP contribution >= 0.6 is 0 Å². The van der Waals surface area contributed by atoms with Gasteiger partial charge in [0.2, 0.25) is 0 Å². The molecule has 0 saturated heterocycles. The van der Waals surface area contributed by atoms with Gasteiger partial charge in [0.05, 0.1) is 6.54 Å². The van der Waals surface area contributed by atoms with E-state index in [9.17, 15) is 4.79 Å². The van der Waals surface area contributed by atoms with Crippen molar-refractivity contribution in [1.29, 1.82) is 0 Å². The van der Waals surface area contributed by atoms with Gasteiger partial charge in [-0.05, 0) is 43.0 Å². The number of aryl methyl sites for hydroxylation is 2. The lowest BCUT2D eigenvalue weighted by atomic mass is 9.87. The maximum Gasteiger partial charge on any atom is 0.255 e. The first-order chi connectivity index (χ1) is 11.8. The normalized spacial score (nSPS) is 11.7. The highest BCUT2D eigenvalue weighted by Crippen LogP contribution is 2.22. The molecule has 1 N–H and O–H groups in total. The number of nitrogens with one attached hydrogen (secondary N) is 1. The summed E-state index contributed by atoms with van der Waals surface area (Å²) < 4.78 is 1.86. The second kappa shape index (κ2) is 6.27. The van der Waals surface area contributed by atoms with E-state index in [0.29, 0.717) is 23.7 Å². The van der Waals surface area contributed by atoms with Gasteiger partial charge in [0.25, 0.3) is 11.7 Å². The minimum atomic E-state index is -0.130. The largest absolute Gasteiger partial charge is 0.345 e. The van der Waals surface area contributed by atoms with Crippen molar-refractivity contribution in [2.75, 3.05) is 0 Å². The zero-order valence-corrected chi connectivity index (χ0v) is 15.3. The fourth-order valence-corrected chi connectivity index (χ4v) is 2.80. The van der Waals surface area contributed by atoms with Crippen LogP contribution in [0.1, 0.15) is 53.9 Å². The second-order valence-electron chi connectivity index (χ2n) is 7.30. The standard InChI is InChI=1S/C19H23N5O/c1-12-10-13(2)24-16(22-23-18(24)21-12)11-20-17(25)14-6-8-15(9-7-14)19(3,4)5/h6-10H,11H2,1-5H3,(H,20,25). The second-order valence-corrected chi connectivity index (χ2v) is 7.30. The number of hydrogen-bond acceptors (Lipinski definition) is 4. The van der Waals surface area contributed by atoms with Crippen molar-refractivity contribution in [3.05, 3.63) is 58.7 Å². The van der Waals surface area contributed by atoms with Crippen LogP contribution in [0.3, 0.4) is 0 Å². The molecule has 0 atom stereocenters. The van der Waals surface area contributed by atoms with Crippen LogP contribution in [0.5, 0.6) is 0 Å². The molecule has 0 aliphatic rings. The number of aromatic nitrogens is 4. The molecule has 1 amide bonds. The smallest absolute Gasteiger partial charge is 0.255 e. The Morgan fingerprint density at radius 1 is 1.12 bits per heavy atom. The molecule has 0 spiro atoms. The van der Waals surface area contributed by atoms with Crippen molar-refractivity contribution in [2.45, 2.75) is 46.6 Å². The molecule has 0 saturated carbocycles. The average Bonchev–Trinajstić information content (AvgIpc) is 2.95. The first-order valence-electron chi connectivity index (χ1n) is 8.33. The number of amides is 1. The molecule has 3 aromatic rings. The van der Waals surface area contributed by atoms with Crippen LogP contribution in [0.15, 0.2) is 30.3 Å². The Morgan fingerprint density at radius 2 is 1.80 bits per heavy atom. The molecule has 1 aromatic carbocycles. The third-order valence-corrected chi connectivity index (χ3v) is 4.18. The highest BCUT2D eigenvalue weighted by atomic mass is 16.1. The molecule has 0 fully saturated rings. The van der Waals surface area contributed by atoms with Crippen LogP contribution in [-0.4, -0.2) is 25.5 Å². The number of rotatable bonds is 3. The summed E-state index contributed by atoms with van der Waals surface area (Å²) in [5.41, 5.74) is 3.79.